The maximum Gasteiger partial charge on any atom is 0.407 e. The van der Waals surface area contributed by atoms with E-state index in [0.29, 0.717) is 5.75 Å². The Morgan fingerprint density at radius 3 is 2.26 bits per heavy atom. The van der Waals surface area contributed by atoms with Crippen LogP contribution in [0.4, 0.5) is 4.79 Å². The minimum absolute atomic E-state index is 0.0148. The molecule has 2 aromatic rings. The average Bonchev–Trinajstić information content (AvgIpc) is 2.88. The lowest BCUT2D eigenvalue weighted by Gasteiger charge is -2.33. The topological polar surface area (TPSA) is 114 Å². The van der Waals surface area contributed by atoms with Crippen LogP contribution < -0.4 is 10.1 Å². The maximum atomic E-state index is 13.7. The molecule has 9 nitrogen and oxygen atoms in total. The van der Waals surface area contributed by atoms with E-state index in [4.69, 9.17) is 14.3 Å². The Hall–Kier alpha value is -2.66. The molecule has 1 amide bonds. The number of aliphatic hydroxyl groups excluding tert-OH is 1. The summed E-state index contributed by atoms with van der Waals surface area (Å²) in [6.45, 7) is 4.86. The Morgan fingerprint density at radius 2 is 1.68 bits per heavy atom. The van der Waals surface area contributed by atoms with Crippen molar-refractivity contribution in [2.75, 3.05) is 13.7 Å². The van der Waals surface area contributed by atoms with E-state index < -0.39 is 33.9 Å². The number of carbonyl (C=O) groups excluding carboxylic acids is 1. The van der Waals surface area contributed by atoms with Crippen LogP contribution in [0.3, 0.4) is 0 Å². The number of sulfonamides is 1. The average molecular weight is 549 g/mol. The molecular formula is C28H40N2O7S. The molecule has 2 N–H and O–H groups in total. The van der Waals surface area contributed by atoms with Crippen LogP contribution in [0.25, 0.3) is 0 Å². The third kappa shape index (κ3) is 8.97. The number of ether oxygens (including phenoxy) is 2. The zero-order chi connectivity index (χ0) is 27.8. The van der Waals surface area contributed by atoms with E-state index in [0.717, 1.165) is 42.1 Å². The van der Waals surface area contributed by atoms with Crippen LogP contribution in [0.1, 0.15) is 58.4 Å². The first-order valence-corrected chi connectivity index (χ1v) is 14.5. The van der Waals surface area contributed by atoms with Gasteiger partial charge in [0.25, 0.3) is 10.0 Å². The molecule has 38 heavy (non-hydrogen) atoms. The van der Waals surface area contributed by atoms with E-state index in [2.05, 4.69) is 5.32 Å². The summed E-state index contributed by atoms with van der Waals surface area (Å²) in [5, 5.41) is 14.1. The van der Waals surface area contributed by atoms with Crippen molar-refractivity contribution in [3.8, 4) is 5.75 Å². The molecule has 2 unspecified atom stereocenters. The number of methoxy groups -OCH3 is 1. The monoisotopic (exact) mass is 548 g/mol. The summed E-state index contributed by atoms with van der Waals surface area (Å²) in [5.74, 6) is 0.521. The molecule has 0 aromatic heterocycles. The first-order chi connectivity index (χ1) is 18.0. The SMILES string of the molecule is COc1ccc(S(=O)(=O)N(CC(O)C(Cc2ccccc2)NC(=O)OC(C)(C)C)OC2CCCCC2)cc1. The number of alkyl carbamates (subject to hydrolysis) is 1. The van der Waals surface area contributed by atoms with Gasteiger partial charge in [-0.1, -0.05) is 54.1 Å². The van der Waals surface area contributed by atoms with Gasteiger partial charge in [0.15, 0.2) is 0 Å². The molecule has 2 aromatic carbocycles. The van der Waals surface area contributed by atoms with Gasteiger partial charge in [0.05, 0.1) is 36.8 Å². The molecule has 0 heterocycles. The number of hydroxylamine groups is 1. The number of nitrogens with one attached hydrogen (secondary N) is 1. The molecule has 10 heteroatoms. The highest BCUT2D eigenvalue weighted by Gasteiger charge is 2.34. The number of amides is 1. The molecule has 0 saturated heterocycles. The molecule has 1 saturated carbocycles. The Labute approximate surface area is 226 Å². The van der Waals surface area contributed by atoms with Crippen molar-refractivity contribution in [2.45, 2.75) is 88.0 Å². The Kier molecular flexibility index (Phi) is 10.6. The molecule has 1 fully saturated rings. The van der Waals surface area contributed by atoms with Crippen molar-refractivity contribution in [1.29, 1.82) is 0 Å². The van der Waals surface area contributed by atoms with Gasteiger partial charge in [0.1, 0.15) is 11.4 Å². The smallest absolute Gasteiger partial charge is 0.407 e. The summed E-state index contributed by atoms with van der Waals surface area (Å²) >= 11 is 0. The van der Waals surface area contributed by atoms with Gasteiger partial charge in [-0.3, -0.25) is 4.84 Å². The highest BCUT2D eigenvalue weighted by atomic mass is 32.2. The molecule has 210 valence electrons. The molecule has 0 spiro atoms. The van der Waals surface area contributed by atoms with Gasteiger partial charge >= 0.3 is 6.09 Å². The van der Waals surface area contributed by atoms with E-state index in [-0.39, 0.29) is 24.0 Å². The summed E-state index contributed by atoms with van der Waals surface area (Å²) in [6.07, 6.45) is 2.42. The van der Waals surface area contributed by atoms with E-state index in [1.807, 2.05) is 30.3 Å². The fourth-order valence-corrected chi connectivity index (χ4v) is 5.59. The van der Waals surface area contributed by atoms with Crippen LogP contribution in [0.2, 0.25) is 0 Å². The van der Waals surface area contributed by atoms with Gasteiger partial charge < -0.3 is 19.9 Å². The van der Waals surface area contributed by atoms with Crippen LogP contribution in [0, 0.1) is 0 Å². The van der Waals surface area contributed by atoms with Gasteiger partial charge in [0.2, 0.25) is 0 Å². The largest absolute Gasteiger partial charge is 0.497 e. The van der Waals surface area contributed by atoms with E-state index in [9.17, 15) is 18.3 Å². The van der Waals surface area contributed by atoms with Gasteiger partial charge in [-0.15, -0.1) is 0 Å². The molecule has 2 atom stereocenters. The number of hydrogen-bond acceptors (Lipinski definition) is 7. The summed E-state index contributed by atoms with van der Waals surface area (Å²) in [4.78, 5) is 18.7. The van der Waals surface area contributed by atoms with Crippen LogP contribution in [-0.4, -0.2) is 61.6 Å². The molecule has 0 radical (unpaired) electrons. The number of aliphatic hydroxyl groups is 1. The minimum Gasteiger partial charge on any atom is -0.497 e. The molecule has 3 rings (SSSR count). The molecule has 0 aliphatic heterocycles. The van der Waals surface area contributed by atoms with E-state index in [1.165, 1.54) is 19.2 Å². The molecule has 1 aliphatic rings. The minimum atomic E-state index is -4.13. The first-order valence-electron chi connectivity index (χ1n) is 13.0. The van der Waals surface area contributed by atoms with Gasteiger partial charge in [-0.25, -0.2) is 13.2 Å². The van der Waals surface area contributed by atoms with E-state index >= 15 is 0 Å². The number of carbonyl (C=O) groups is 1. The summed E-state index contributed by atoms with van der Waals surface area (Å²) < 4.78 is 38.8. The van der Waals surface area contributed by atoms with Gasteiger partial charge in [-0.05, 0) is 69.9 Å². The predicted molar refractivity (Wildman–Crippen MR) is 144 cm³/mol. The second kappa shape index (κ2) is 13.4. The number of benzene rings is 2. The fraction of sp³-hybridized carbons (Fsp3) is 0.536. The fourth-order valence-electron chi connectivity index (χ4n) is 4.29. The van der Waals surface area contributed by atoms with Crippen LogP contribution in [0.15, 0.2) is 59.5 Å². The normalized spacial score (nSPS) is 16.6. The molecule has 0 bridgehead atoms. The number of nitrogens with zero attached hydrogens (tertiary/aromatic N) is 1. The van der Waals surface area contributed by atoms with Crippen LogP contribution in [0.5, 0.6) is 5.75 Å². The second-order valence-corrected chi connectivity index (χ2v) is 12.4. The molecular weight excluding hydrogens is 508 g/mol. The summed E-state index contributed by atoms with van der Waals surface area (Å²) in [6, 6.07) is 14.5. The summed E-state index contributed by atoms with van der Waals surface area (Å²) in [5.41, 5.74) is 0.130. The maximum absolute atomic E-state index is 13.7. The second-order valence-electron chi connectivity index (χ2n) is 10.5. The van der Waals surface area contributed by atoms with Crippen molar-refractivity contribution in [3.63, 3.8) is 0 Å². The third-order valence-corrected chi connectivity index (χ3v) is 7.88. The van der Waals surface area contributed by atoms with E-state index in [1.54, 1.807) is 32.9 Å². The van der Waals surface area contributed by atoms with Crippen molar-refractivity contribution in [3.05, 3.63) is 60.2 Å². The molecule has 1 aliphatic carbocycles. The quantitative estimate of drug-likeness (QED) is 0.399. The number of rotatable bonds is 11. The predicted octanol–water partition coefficient (Wildman–Crippen LogP) is 4.45. The lowest BCUT2D eigenvalue weighted by molar-refractivity contribution is -0.156. The lowest BCUT2D eigenvalue weighted by Crippen LogP contribution is -2.52. The van der Waals surface area contributed by atoms with Gasteiger partial charge in [-0.2, -0.15) is 0 Å². The van der Waals surface area contributed by atoms with Crippen LogP contribution >= 0.6 is 0 Å². The van der Waals surface area contributed by atoms with Crippen molar-refractivity contribution >= 4 is 16.1 Å². The Bertz CT molecular complexity index is 1110. The zero-order valence-corrected chi connectivity index (χ0v) is 23.4. The third-order valence-electron chi connectivity index (χ3n) is 6.25. The highest BCUT2D eigenvalue weighted by Crippen LogP contribution is 2.26. The Balaban J connectivity index is 1.87. The summed E-state index contributed by atoms with van der Waals surface area (Å²) in [7, 11) is -2.63. The first kappa shape index (κ1) is 29.9. The standard InChI is InChI=1S/C28H40N2O7S/c1-28(2,3)36-27(32)29-25(19-21-11-7-5-8-12-21)26(31)20-30(37-23-13-9-6-10-14-23)38(33,34)24-17-15-22(35-4)16-18-24/h5,7-8,11-12,15-18,23,25-26,31H,6,9-10,13-14,19-20H2,1-4H3,(H,29,32). The Morgan fingerprint density at radius 1 is 1.05 bits per heavy atom. The highest BCUT2D eigenvalue weighted by molar-refractivity contribution is 7.89. The van der Waals surface area contributed by atoms with Crippen molar-refractivity contribution in [1.82, 2.24) is 9.79 Å². The van der Waals surface area contributed by atoms with Crippen molar-refractivity contribution in [2.24, 2.45) is 0 Å². The van der Waals surface area contributed by atoms with Crippen molar-refractivity contribution < 1.29 is 32.6 Å². The van der Waals surface area contributed by atoms with Crippen LogP contribution in [-0.2, 0) is 26.0 Å². The van der Waals surface area contributed by atoms with Gasteiger partial charge in [0, 0.05) is 0 Å². The zero-order valence-electron chi connectivity index (χ0n) is 22.6. The number of hydrogen-bond donors (Lipinski definition) is 2. The lowest BCUT2D eigenvalue weighted by atomic mass is 9.98.